The van der Waals surface area contributed by atoms with Crippen molar-refractivity contribution in [2.24, 2.45) is 5.41 Å². The van der Waals surface area contributed by atoms with E-state index in [1.807, 2.05) is 0 Å². The number of aryl methyl sites for hydroxylation is 2. The van der Waals surface area contributed by atoms with E-state index < -0.39 is 0 Å². The maximum absolute atomic E-state index is 9.68. The van der Waals surface area contributed by atoms with E-state index in [4.69, 9.17) is 0 Å². The molecule has 2 aliphatic carbocycles. The third-order valence-corrected chi connectivity index (χ3v) is 5.20. The highest BCUT2D eigenvalue weighted by Gasteiger charge is 2.46. The molecule has 106 valence electrons. The fourth-order valence-corrected chi connectivity index (χ4v) is 4.04. The minimum absolute atomic E-state index is 0.160. The molecule has 2 nitrogen and oxygen atoms in total. The summed E-state index contributed by atoms with van der Waals surface area (Å²) in [6.07, 6.45) is 8.36. The van der Waals surface area contributed by atoms with Gasteiger partial charge in [0, 0.05) is 0 Å². The number of fused-ring (bicyclic) bond motifs is 1. The van der Waals surface area contributed by atoms with Crippen molar-refractivity contribution in [2.45, 2.75) is 51.0 Å². The van der Waals surface area contributed by atoms with Crippen LogP contribution in [0, 0.1) is 16.7 Å². The summed E-state index contributed by atoms with van der Waals surface area (Å²) >= 11 is 0. The summed E-state index contributed by atoms with van der Waals surface area (Å²) in [5.74, 6) is 0. The van der Waals surface area contributed by atoms with E-state index in [1.54, 1.807) is 0 Å². The second kappa shape index (κ2) is 5.22. The van der Waals surface area contributed by atoms with Crippen LogP contribution >= 0.6 is 0 Å². The molecule has 1 saturated carbocycles. The van der Waals surface area contributed by atoms with Crippen LogP contribution < -0.4 is 0 Å². The van der Waals surface area contributed by atoms with Gasteiger partial charge in [0.25, 0.3) is 0 Å². The van der Waals surface area contributed by atoms with Crippen LogP contribution in [0.4, 0.5) is 0 Å². The predicted molar refractivity (Wildman–Crippen MR) is 81.4 cm³/mol. The van der Waals surface area contributed by atoms with Crippen LogP contribution in [0.5, 0.6) is 0 Å². The Hall–Kier alpha value is -1.33. The molecule has 0 bridgehead atoms. The fraction of sp³-hybridized carbons (Fsp3) is 0.611. The second-order valence-electron chi connectivity index (χ2n) is 6.72. The van der Waals surface area contributed by atoms with Crippen LogP contribution in [-0.2, 0) is 12.8 Å². The zero-order chi connectivity index (χ0) is 14.2. The van der Waals surface area contributed by atoms with Gasteiger partial charge in [-0.3, -0.25) is 0 Å². The molecular weight excluding hydrogens is 244 g/mol. The van der Waals surface area contributed by atoms with Gasteiger partial charge in [-0.15, -0.1) is 0 Å². The van der Waals surface area contributed by atoms with E-state index in [-0.39, 0.29) is 11.5 Å². The molecule has 1 atom stereocenters. The third-order valence-electron chi connectivity index (χ3n) is 5.20. The monoisotopic (exact) mass is 268 g/mol. The summed E-state index contributed by atoms with van der Waals surface area (Å²) in [4.78, 5) is 2.24. The van der Waals surface area contributed by atoms with E-state index in [9.17, 15) is 5.26 Å². The van der Waals surface area contributed by atoms with Crippen LogP contribution in [0.25, 0.3) is 0 Å². The number of nitrogens with zero attached hydrogens (tertiary/aromatic N) is 2. The highest BCUT2D eigenvalue weighted by atomic mass is 15.1. The van der Waals surface area contributed by atoms with Crippen molar-refractivity contribution in [3.63, 3.8) is 0 Å². The Bertz CT molecular complexity index is 535. The molecule has 3 rings (SSSR count). The van der Waals surface area contributed by atoms with Gasteiger partial charge in [0.05, 0.1) is 17.5 Å². The van der Waals surface area contributed by atoms with Crippen molar-refractivity contribution in [3.8, 4) is 6.07 Å². The van der Waals surface area contributed by atoms with Crippen molar-refractivity contribution in [1.82, 2.24) is 4.90 Å². The molecule has 20 heavy (non-hydrogen) atoms. The minimum atomic E-state index is -0.160. The molecule has 1 fully saturated rings. The molecule has 2 heteroatoms. The van der Waals surface area contributed by atoms with Gasteiger partial charge in [0.1, 0.15) is 0 Å². The topological polar surface area (TPSA) is 27.0 Å². The quantitative estimate of drug-likeness (QED) is 0.832. The second-order valence-corrected chi connectivity index (χ2v) is 6.72. The molecular formula is C18H24N2. The van der Waals surface area contributed by atoms with Gasteiger partial charge in [0.15, 0.2) is 0 Å². The Morgan fingerprint density at radius 1 is 1.10 bits per heavy atom. The lowest BCUT2D eigenvalue weighted by Gasteiger charge is -2.45. The first-order valence-electron chi connectivity index (χ1n) is 7.86. The first-order valence-corrected chi connectivity index (χ1v) is 7.86. The average Bonchev–Trinajstić information content (AvgIpc) is 2.41. The largest absolute Gasteiger partial charge is 0.301 e. The van der Waals surface area contributed by atoms with Gasteiger partial charge < -0.3 is 4.90 Å². The molecule has 0 saturated heterocycles. The van der Waals surface area contributed by atoms with Gasteiger partial charge in [-0.1, -0.05) is 24.6 Å². The van der Waals surface area contributed by atoms with Crippen molar-refractivity contribution >= 4 is 0 Å². The number of rotatable bonds is 3. The van der Waals surface area contributed by atoms with Crippen molar-refractivity contribution in [3.05, 3.63) is 34.9 Å². The number of hydrogen-bond acceptors (Lipinski definition) is 2. The van der Waals surface area contributed by atoms with Crippen LogP contribution in [0.15, 0.2) is 18.2 Å². The van der Waals surface area contributed by atoms with Crippen LogP contribution in [-0.4, -0.2) is 19.0 Å². The Kier molecular flexibility index (Phi) is 3.56. The first kappa shape index (κ1) is 13.6. The standard InChI is InChI=1S/C18H24N2/c1-20(2)17(18(13-19)10-5-11-18)16-9-8-14-6-3-4-7-15(14)12-16/h8-9,12,17H,3-7,10-11H2,1-2H3. The average molecular weight is 268 g/mol. The molecule has 0 spiro atoms. The lowest BCUT2D eigenvalue weighted by atomic mass is 9.63. The fourth-order valence-electron chi connectivity index (χ4n) is 4.04. The molecule has 0 amide bonds. The lowest BCUT2D eigenvalue weighted by Crippen LogP contribution is -2.41. The summed E-state index contributed by atoms with van der Waals surface area (Å²) in [5, 5.41) is 9.68. The molecule has 0 radical (unpaired) electrons. The molecule has 0 N–H and O–H groups in total. The van der Waals surface area contributed by atoms with Gasteiger partial charge in [0.2, 0.25) is 0 Å². The van der Waals surface area contributed by atoms with E-state index in [0.29, 0.717) is 0 Å². The molecule has 0 aromatic heterocycles. The van der Waals surface area contributed by atoms with Crippen LogP contribution in [0.1, 0.15) is 54.8 Å². The van der Waals surface area contributed by atoms with E-state index in [2.05, 4.69) is 43.3 Å². The summed E-state index contributed by atoms with van der Waals surface area (Å²) in [7, 11) is 4.23. The summed E-state index contributed by atoms with van der Waals surface area (Å²) in [6, 6.07) is 9.84. The Morgan fingerprint density at radius 2 is 1.80 bits per heavy atom. The van der Waals surface area contributed by atoms with Crippen LogP contribution in [0.2, 0.25) is 0 Å². The van der Waals surface area contributed by atoms with Gasteiger partial charge in [-0.05, 0) is 69.3 Å². The summed E-state index contributed by atoms with van der Waals surface area (Å²) < 4.78 is 0. The molecule has 1 aromatic carbocycles. The molecule has 2 aliphatic rings. The SMILES string of the molecule is CN(C)C(c1ccc2c(c1)CCCC2)C1(C#N)CCC1. The Balaban J connectivity index is 1.98. The number of benzene rings is 1. The molecule has 0 aliphatic heterocycles. The number of hydrogen-bond donors (Lipinski definition) is 0. The maximum Gasteiger partial charge on any atom is 0.0770 e. The molecule has 0 heterocycles. The summed E-state index contributed by atoms with van der Waals surface area (Å²) in [6.45, 7) is 0. The minimum Gasteiger partial charge on any atom is -0.301 e. The van der Waals surface area contributed by atoms with Gasteiger partial charge >= 0.3 is 0 Å². The van der Waals surface area contributed by atoms with E-state index >= 15 is 0 Å². The normalized spacial score (nSPS) is 21.7. The molecule has 1 unspecified atom stereocenters. The third kappa shape index (κ3) is 2.15. The van der Waals surface area contributed by atoms with Crippen molar-refractivity contribution in [1.29, 1.82) is 5.26 Å². The Labute approximate surface area is 122 Å². The van der Waals surface area contributed by atoms with Gasteiger partial charge in [-0.2, -0.15) is 5.26 Å². The van der Waals surface area contributed by atoms with Gasteiger partial charge in [-0.25, -0.2) is 0 Å². The zero-order valence-electron chi connectivity index (χ0n) is 12.7. The first-order chi connectivity index (χ1) is 9.66. The van der Waals surface area contributed by atoms with Crippen LogP contribution in [0.3, 0.4) is 0 Å². The number of nitriles is 1. The van der Waals surface area contributed by atoms with E-state index in [1.165, 1.54) is 48.8 Å². The smallest absolute Gasteiger partial charge is 0.0770 e. The van der Waals surface area contributed by atoms with Crippen molar-refractivity contribution in [2.75, 3.05) is 14.1 Å². The van der Waals surface area contributed by atoms with Crippen molar-refractivity contribution < 1.29 is 0 Å². The lowest BCUT2D eigenvalue weighted by molar-refractivity contribution is 0.0748. The highest BCUT2D eigenvalue weighted by molar-refractivity contribution is 5.37. The predicted octanol–water partition coefficient (Wildman–Crippen LogP) is 3.86. The summed E-state index contributed by atoms with van der Waals surface area (Å²) in [5.41, 5.74) is 4.23. The zero-order valence-corrected chi connectivity index (χ0v) is 12.7. The molecule has 1 aromatic rings. The maximum atomic E-state index is 9.68. The highest BCUT2D eigenvalue weighted by Crippen LogP contribution is 2.52. The van der Waals surface area contributed by atoms with E-state index in [0.717, 1.165) is 12.8 Å². The Morgan fingerprint density at radius 3 is 2.35 bits per heavy atom.